The second-order valence-electron chi connectivity index (χ2n) is 4.71. The molecule has 0 bridgehead atoms. The third kappa shape index (κ3) is 3.75. The van der Waals surface area contributed by atoms with Crippen LogP contribution in [0.3, 0.4) is 0 Å². The lowest BCUT2D eigenvalue weighted by Gasteiger charge is -2.14. The lowest BCUT2D eigenvalue weighted by atomic mass is 10.0. The fourth-order valence-corrected chi connectivity index (χ4v) is 2.26. The summed E-state index contributed by atoms with van der Waals surface area (Å²) >= 11 is 12.2. The molecule has 7 heteroatoms. The molecule has 2 N–H and O–H groups in total. The molecule has 2 rings (SSSR count). The van der Waals surface area contributed by atoms with Crippen molar-refractivity contribution >= 4 is 35.0 Å². The summed E-state index contributed by atoms with van der Waals surface area (Å²) in [4.78, 5) is 23.2. The topological polar surface area (TPSA) is 83.8 Å². The maximum absolute atomic E-state index is 12.4. The molecule has 0 saturated carbocycles. The summed E-state index contributed by atoms with van der Waals surface area (Å²) < 4.78 is 5.18. The van der Waals surface area contributed by atoms with Crippen molar-refractivity contribution in [2.75, 3.05) is 0 Å². The Balaban J connectivity index is 2.34. The van der Waals surface area contributed by atoms with Gasteiger partial charge < -0.3 is 14.9 Å². The van der Waals surface area contributed by atoms with E-state index in [4.69, 9.17) is 33.0 Å². The van der Waals surface area contributed by atoms with Crippen molar-refractivity contribution in [3.05, 3.63) is 57.6 Å². The second kappa shape index (κ2) is 6.89. The van der Waals surface area contributed by atoms with Gasteiger partial charge in [-0.05, 0) is 43.3 Å². The van der Waals surface area contributed by atoms with Gasteiger partial charge in [0.2, 0.25) is 0 Å². The fourth-order valence-electron chi connectivity index (χ4n) is 1.81. The minimum atomic E-state index is -1.15. The molecule has 0 aliphatic rings. The minimum Gasteiger partial charge on any atom is -0.508 e. The highest BCUT2D eigenvalue weighted by atomic mass is 35.5. The summed E-state index contributed by atoms with van der Waals surface area (Å²) in [7, 11) is 0. The average molecular weight is 355 g/mol. The minimum absolute atomic E-state index is 0.0279. The third-order valence-electron chi connectivity index (χ3n) is 3.07. The Morgan fingerprint density at radius 3 is 2.22 bits per heavy atom. The second-order valence-corrected chi connectivity index (χ2v) is 5.47. The van der Waals surface area contributed by atoms with Gasteiger partial charge in [0.25, 0.3) is 0 Å². The van der Waals surface area contributed by atoms with Gasteiger partial charge in [-0.15, -0.1) is 0 Å². The number of aliphatic carboxylic acids is 1. The largest absolute Gasteiger partial charge is 0.508 e. The van der Waals surface area contributed by atoms with Gasteiger partial charge in [-0.2, -0.15) is 0 Å². The number of carboxylic acid groups (broad SMARTS) is 1. The van der Waals surface area contributed by atoms with Crippen molar-refractivity contribution in [1.82, 2.24) is 0 Å². The number of ketones is 1. The lowest BCUT2D eigenvalue weighted by Crippen LogP contribution is -2.23. The van der Waals surface area contributed by atoms with Crippen molar-refractivity contribution in [2.24, 2.45) is 0 Å². The van der Waals surface area contributed by atoms with Crippen molar-refractivity contribution < 1.29 is 24.5 Å². The first kappa shape index (κ1) is 17.1. The summed E-state index contributed by atoms with van der Waals surface area (Å²) in [6.45, 7) is 1.35. The van der Waals surface area contributed by atoms with Crippen LogP contribution in [0.2, 0.25) is 10.0 Å². The summed E-state index contributed by atoms with van der Waals surface area (Å²) in [6, 6.07) is 8.48. The highest BCUT2D eigenvalue weighted by Gasteiger charge is 2.20. The first-order valence-corrected chi connectivity index (χ1v) is 7.28. The highest BCUT2D eigenvalue weighted by molar-refractivity contribution is 6.45. The van der Waals surface area contributed by atoms with E-state index >= 15 is 0 Å². The van der Waals surface area contributed by atoms with Crippen LogP contribution in [0.1, 0.15) is 22.8 Å². The van der Waals surface area contributed by atoms with Crippen LogP contribution in [-0.4, -0.2) is 28.1 Å². The van der Waals surface area contributed by atoms with Gasteiger partial charge in [-0.25, -0.2) is 4.79 Å². The van der Waals surface area contributed by atoms with Crippen LogP contribution >= 0.6 is 23.2 Å². The maximum atomic E-state index is 12.4. The van der Waals surface area contributed by atoms with E-state index in [0.29, 0.717) is 5.56 Å². The molecular weight excluding hydrogens is 343 g/mol. The molecule has 0 aromatic heterocycles. The number of carbonyl (C=O) groups excluding carboxylic acids is 1. The molecule has 0 spiro atoms. The van der Waals surface area contributed by atoms with Crippen LogP contribution in [0, 0.1) is 0 Å². The molecular formula is C16H12Cl2O5. The van der Waals surface area contributed by atoms with Crippen LogP contribution in [0.25, 0.3) is 0 Å². The van der Waals surface area contributed by atoms with Gasteiger partial charge in [0.05, 0.1) is 5.02 Å². The number of carbonyl (C=O) groups is 2. The van der Waals surface area contributed by atoms with E-state index in [1.165, 1.54) is 43.3 Å². The molecule has 0 saturated heterocycles. The zero-order valence-electron chi connectivity index (χ0n) is 11.9. The number of hydrogen-bond acceptors (Lipinski definition) is 4. The molecule has 120 valence electrons. The van der Waals surface area contributed by atoms with E-state index in [0.717, 1.165) is 0 Å². The van der Waals surface area contributed by atoms with Crippen molar-refractivity contribution in [3.8, 4) is 11.5 Å². The third-order valence-corrected chi connectivity index (χ3v) is 3.94. The normalized spacial score (nSPS) is 11.8. The summed E-state index contributed by atoms with van der Waals surface area (Å²) in [6.07, 6.45) is -1.11. The molecule has 2 aromatic rings. The molecule has 0 aliphatic carbocycles. The van der Waals surface area contributed by atoms with Crippen molar-refractivity contribution in [1.29, 1.82) is 0 Å². The van der Waals surface area contributed by atoms with E-state index in [9.17, 15) is 14.7 Å². The van der Waals surface area contributed by atoms with E-state index in [-0.39, 0.29) is 32.9 Å². The number of aromatic hydroxyl groups is 1. The van der Waals surface area contributed by atoms with Crippen LogP contribution < -0.4 is 4.74 Å². The Hall–Kier alpha value is -2.24. The molecule has 5 nitrogen and oxygen atoms in total. The Morgan fingerprint density at radius 1 is 1.04 bits per heavy atom. The quantitative estimate of drug-likeness (QED) is 0.798. The van der Waals surface area contributed by atoms with Gasteiger partial charge in [0.15, 0.2) is 11.9 Å². The van der Waals surface area contributed by atoms with E-state index < -0.39 is 12.1 Å². The summed E-state index contributed by atoms with van der Waals surface area (Å²) in [5.41, 5.74) is 0.478. The summed E-state index contributed by atoms with van der Waals surface area (Å²) in [5.74, 6) is -1.41. The highest BCUT2D eigenvalue weighted by Crippen LogP contribution is 2.36. The first-order valence-electron chi connectivity index (χ1n) is 6.52. The molecule has 0 fully saturated rings. The van der Waals surface area contributed by atoms with Gasteiger partial charge in [0, 0.05) is 11.1 Å². The average Bonchev–Trinajstić information content (AvgIpc) is 2.52. The Morgan fingerprint density at radius 2 is 1.65 bits per heavy atom. The number of phenols is 1. The molecule has 0 heterocycles. The SMILES string of the molecule is CC(Oc1ccc(C(=O)c2ccc(O)cc2)c(Cl)c1Cl)C(=O)O. The predicted molar refractivity (Wildman–Crippen MR) is 85.7 cm³/mol. The molecule has 23 heavy (non-hydrogen) atoms. The van der Waals surface area contributed by atoms with Crippen LogP contribution in [0.5, 0.6) is 11.5 Å². The van der Waals surface area contributed by atoms with Crippen LogP contribution in [0.4, 0.5) is 0 Å². The van der Waals surface area contributed by atoms with E-state index in [1.807, 2.05) is 0 Å². The number of halogens is 2. The van der Waals surface area contributed by atoms with Crippen molar-refractivity contribution in [3.63, 3.8) is 0 Å². The fraction of sp³-hybridized carbons (Fsp3) is 0.125. The number of hydrogen-bond donors (Lipinski definition) is 2. The molecule has 0 radical (unpaired) electrons. The number of benzene rings is 2. The Kier molecular flexibility index (Phi) is 5.13. The predicted octanol–water partition coefficient (Wildman–Crippen LogP) is 3.78. The number of ether oxygens (including phenoxy) is 1. The number of rotatable bonds is 5. The number of phenolic OH excluding ortho intramolecular Hbond substituents is 1. The maximum Gasteiger partial charge on any atom is 0.344 e. The standard InChI is InChI=1S/C16H12Cl2O5/c1-8(16(21)22)23-12-7-6-11(13(17)14(12)18)15(20)9-2-4-10(19)5-3-9/h2-8,19H,1H3,(H,21,22). The Labute approximate surface area is 142 Å². The molecule has 1 atom stereocenters. The van der Waals surface area contributed by atoms with Crippen LogP contribution in [0.15, 0.2) is 36.4 Å². The van der Waals surface area contributed by atoms with Crippen LogP contribution in [-0.2, 0) is 4.79 Å². The van der Waals surface area contributed by atoms with Gasteiger partial charge in [0.1, 0.15) is 16.5 Å². The van der Waals surface area contributed by atoms with E-state index in [1.54, 1.807) is 0 Å². The molecule has 1 unspecified atom stereocenters. The van der Waals surface area contributed by atoms with E-state index in [2.05, 4.69) is 0 Å². The lowest BCUT2D eigenvalue weighted by molar-refractivity contribution is -0.144. The monoisotopic (exact) mass is 354 g/mol. The van der Waals surface area contributed by atoms with Gasteiger partial charge in [-0.1, -0.05) is 23.2 Å². The first-order chi connectivity index (χ1) is 10.8. The molecule has 0 amide bonds. The number of carboxylic acids is 1. The zero-order valence-corrected chi connectivity index (χ0v) is 13.4. The molecule has 0 aliphatic heterocycles. The van der Waals surface area contributed by atoms with Gasteiger partial charge >= 0.3 is 5.97 Å². The summed E-state index contributed by atoms with van der Waals surface area (Å²) in [5, 5.41) is 18.0. The Bertz CT molecular complexity index is 756. The zero-order chi connectivity index (χ0) is 17.1. The molecule has 2 aromatic carbocycles. The van der Waals surface area contributed by atoms with Gasteiger partial charge in [-0.3, -0.25) is 4.79 Å². The smallest absolute Gasteiger partial charge is 0.344 e. The van der Waals surface area contributed by atoms with Crippen molar-refractivity contribution in [2.45, 2.75) is 13.0 Å².